The maximum Gasteiger partial charge on any atom is 0.163 e. The van der Waals surface area contributed by atoms with Crippen LogP contribution < -0.4 is 15.5 Å². The number of aryl methyl sites for hydroxylation is 2. The first kappa shape index (κ1) is 22.6. The highest BCUT2D eigenvalue weighted by Gasteiger charge is 2.26. The van der Waals surface area contributed by atoms with Crippen LogP contribution in [-0.4, -0.2) is 50.0 Å². The molecule has 0 amide bonds. The van der Waals surface area contributed by atoms with Crippen molar-refractivity contribution < 1.29 is 4.39 Å². The van der Waals surface area contributed by atoms with Crippen molar-refractivity contribution in [3.05, 3.63) is 63.7 Å². The second-order valence-electron chi connectivity index (χ2n) is 9.15. The van der Waals surface area contributed by atoms with Gasteiger partial charge in [0, 0.05) is 60.0 Å². The van der Waals surface area contributed by atoms with Gasteiger partial charge in [-0.25, -0.2) is 9.37 Å². The lowest BCUT2D eigenvalue weighted by atomic mass is 10.0. The Morgan fingerprint density at radius 3 is 2.56 bits per heavy atom. The minimum atomic E-state index is -0.336. The lowest BCUT2D eigenvalue weighted by Crippen LogP contribution is -2.54. The predicted molar refractivity (Wildman–Crippen MR) is 133 cm³/mol. The molecule has 5 rings (SSSR count). The van der Waals surface area contributed by atoms with E-state index in [0.29, 0.717) is 46.4 Å². The highest BCUT2D eigenvalue weighted by molar-refractivity contribution is 6.30. The van der Waals surface area contributed by atoms with Gasteiger partial charge in [0.2, 0.25) is 0 Å². The molecule has 34 heavy (non-hydrogen) atoms. The molecule has 0 radical (unpaired) electrons. The Bertz CT molecular complexity index is 1340. The SMILES string of the molecule is Cc1cc(Nc2cc(N3C[C@@H](C)N[C@@H](C)C3)n3nc(C)c(Cc4ccc(Cl)cc4F)c3n2)n[nH]1. The van der Waals surface area contributed by atoms with Gasteiger partial charge in [-0.15, -0.1) is 0 Å². The highest BCUT2D eigenvalue weighted by atomic mass is 35.5. The van der Waals surface area contributed by atoms with E-state index < -0.39 is 0 Å². The zero-order chi connectivity index (χ0) is 24.0. The third kappa shape index (κ3) is 4.45. The average molecular weight is 483 g/mol. The number of hydrogen-bond donors (Lipinski definition) is 3. The summed E-state index contributed by atoms with van der Waals surface area (Å²) in [6.07, 6.45) is 0.365. The molecule has 1 aliphatic heterocycles. The number of aromatic nitrogens is 5. The van der Waals surface area contributed by atoms with Gasteiger partial charge in [0.1, 0.15) is 17.5 Å². The molecular formula is C24H28ClFN8. The van der Waals surface area contributed by atoms with Crippen LogP contribution in [0.4, 0.5) is 21.8 Å². The monoisotopic (exact) mass is 482 g/mol. The molecule has 10 heteroatoms. The summed E-state index contributed by atoms with van der Waals surface area (Å²) in [5, 5.41) is 19.3. The molecular weight excluding hydrogens is 455 g/mol. The van der Waals surface area contributed by atoms with Crippen LogP contribution in [0.1, 0.15) is 36.4 Å². The van der Waals surface area contributed by atoms with Crippen molar-refractivity contribution in [3.63, 3.8) is 0 Å². The number of hydrogen-bond acceptors (Lipinski definition) is 6. The van der Waals surface area contributed by atoms with Crippen LogP contribution in [0.5, 0.6) is 0 Å². The standard InChI is InChI=1S/C24H28ClFN8/c1-13-7-22(31-30-13)28-21-10-23(33-11-14(2)27-15(3)12-33)34-24(29-21)19(16(4)32-34)8-17-5-6-18(25)9-20(17)26/h5-7,9-10,14-15,27H,8,11-12H2,1-4H3,(H2,28,29,30,31)/t14-,15+. The average Bonchev–Trinajstić information content (AvgIpc) is 3.31. The van der Waals surface area contributed by atoms with Gasteiger partial charge in [-0.05, 0) is 45.4 Å². The highest BCUT2D eigenvalue weighted by Crippen LogP contribution is 2.29. The molecule has 2 atom stereocenters. The lowest BCUT2D eigenvalue weighted by molar-refractivity contribution is 0.404. The van der Waals surface area contributed by atoms with Gasteiger partial charge in [0.15, 0.2) is 11.5 Å². The molecule has 3 aromatic heterocycles. The van der Waals surface area contributed by atoms with Crippen molar-refractivity contribution >= 4 is 34.7 Å². The van der Waals surface area contributed by atoms with Gasteiger partial charge in [0.25, 0.3) is 0 Å². The number of benzene rings is 1. The quantitative estimate of drug-likeness (QED) is 0.391. The van der Waals surface area contributed by atoms with Crippen LogP contribution in [0.2, 0.25) is 5.02 Å². The Hall–Kier alpha value is -3.17. The van der Waals surface area contributed by atoms with Crippen molar-refractivity contribution in [2.45, 2.75) is 46.2 Å². The number of fused-ring (bicyclic) bond motifs is 1. The molecule has 0 bridgehead atoms. The Balaban J connectivity index is 1.63. The largest absolute Gasteiger partial charge is 0.353 e. The van der Waals surface area contributed by atoms with E-state index in [0.717, 1.165) is 35.9 Å². The third-order valence-electron chi connectivity index (χ3n) is 6.09. The maximum absolute atomic E-state index is 14.6. The summed E-state index contributed by atoms with van der Waals surface area (Å²) in [5.74, 6) is 1.94. The van der Waals surface area contributed by atoms with E-state index in [1.54, 1.807) is 12.1 Å². The van der Waals surface area contributed by atoms with Gasteiger partial charge in [-0.1, -0.05) is 17.7 Å². The molecule has 178 valence electrons. The molecule has 0 aliphatic carbocycles. The van der Waals surface area contributed by atoms with Crippen LogP contribution in [0, 0.1) is 19.7 Å². The van der Waals surface area contributed by atoms with E-state index in [2.05, 4.69) is 39.6 Å². The minimum absolute atomic E-state index is 0.330. The summed E-state index contributed by atoms with van der Waals surface area (Å²) in [6.45, 7) is 9.91. The van der Waals surface area contributed by atoms with Crippen molar-refractivity contribution in [2.75, 3.05) is 23.3 Å². The Morgan fingerprint density at radius 1 is 1.12 bits per heavy atom. The number of anilines is 3. The number of aromatic amines is 1. The predicted octanol–water partition coefficient (Wildman–Crippen LogP) is 4.38. The molecule has 8 nitrogen and oxygen atoms in total. The van der Waals surface area contributed by atoms with Crippen LogP contribution in [-0.2, 0) is 6.42 Å². The fraction of sp³-hybridized carbons (Fsp3) is 0.375. The maximum atomic E-state index is 14.6. The summed E-state index contributed by atoms with van der Waals surface area (Å²) in [5.41, 5.74) is 3.88. The van der Waals surface area contributed by atoms with Crippen molar-refractivity contribution in [3.8, 4) is 0 Å². The molecule has 1 saturated heterocycles. The Morgan fingerprint density at radius 2 is 1.88 bits per heavy atom. The molecule has 0 unspecified atom stereocenters. The molecule has 0 saturated carbocycles. The molecule has 4 heterocycles. The second kappa shape index (κ2) is 8.88. The van der Waals surface area contributed by atoms with Gasteiger partial charge >= 0.3 is 0 Å². The van der Waals surface area contributed by atoms with Crippen molar-refractivity contribution in [1.29, 1.82) is 0 Å². The van der Waals surface area contributed by atoms with E-state index in [9.17, 15) is 4.39 Å². The van der Waals surface area contributed by atoms with Crippen LogP contribution >= 0.6 is 11.6 Å². The summed E-state index contributed by atoms with van der Waals surface area (Å²) in [4.78, 5) is 7.20. The summed E-state index contributed by atoms with van der Waals surface area (Å²) >= 11 is 5.96. The van der Waals surface area contributed by atoms with Gasteiger partial charge in [-0.3, -0.25) is 5.10 Å². The smallest absolute Gasteiger partial charge is 0.163 e. The van der Waals surface area contributed by atoms with E-state index in [1.165, 1.54) is 6.07 Å². The second-order valence-corrected chi connectivity index (χ2v) is 9.58. The first-order valence-electron chi connectivity index (χ1n) is 11.4. The molecule has 3 N–H and O–H groups in total. The summed E-state index contributed by atoms with van der Waals surface area (Å²) in [6, 6.07) is 9.35. The van der Waals surface area contributed by atoms with Gasteiger partial charge in [0.05, 0.1) is 5.69 Å². The number of rotatable bonds is 5. The number of nitrogens with one attached hydrogen (secondary N) is 3. The number of nitrogens with zero attached hydrogens (tertiary/aromatic N) is 5. The Labute approximate surface area is 202 Å². The molecule has 1 aliphatic rings. The summed E-state index contributed by atoms with van der Waals surface area (Å²) in [7, 11) is 0. The normalized spacial score (nSPS) is 18.6. The van der Waals surface area contributed by atoms with Gasteiger partial charge < -0.3 is 15.5 Å². The van der Waals surface area contributed by atoms with E-state index in [1.807, 2.05) is 30.5 Å². The number of piperazine rings is 1. The van der Waals surface area contributed by atoms with Crippen LogP contribution in [0.3, 0.4) is 0 Å². The van der Waals surface area contributed by atoms with Gasteiger partial charge in [-0.2, -0.15) is 14.7 Å². The number of H-pyrrole nitrogens is 1. The zero-order valence-corrected chi connectivity index (χ0v) is 20.4. The fourth-order valence-electron chi connectivity index (χ4n) is 4.63. The first-order chi connectivity index (χ1) is 16.3. The molecule has 1 aromatic carbocycles. The molecule has 1 fully saturated rings. The van der Waals surface area contributed by atoms with Crippen LogP contribution in [0.25, 0.3) is 5.65 Å². The molecule has 0 spiro atoms. The summed E-state index contributed by atoms with van der Waals surface area (Å²) < 4.78 is 16.5. The van der Waals surface area contributed by atoms with E-state index >= 15 is 0 Å². The zero-order valence-electron chi connectivity index (χ0n) is 19.7. The van der Waals surface area contributed by atoms with Crippen LogP contribution in [0.15, 0.2) is 30.3 Å². The molecule has 4 aromatic rings. The van der Waals surface area contributed by atoms with E-state index in [-0.39, 0.29) is 5.82 Å². The Kier molecular flexibility index (Phi) is 5.91. The third-order valence-corrected chi connectivity index (χ3v) is 6.33. The fourth-order valence-corrected chi connectivity index (χ4v) is 4.79. The lowest BCUT2D eigenvalue weighted by Gasteiger charge is -2.37. The van der Waals surface area contributed by atoms with E-state index in [4.69, 9.17) is 21.7 Å². The van der Waals surface area contributed by atoms with Crippen molar-refractivity contribution in [1.82, 2.24) is 30.1 Å². The minimum Gasteiger partial charge on any atom is -0.353 e. The van der Waals surface area contributed by atoms with Crippen molar-refractivity contribution in [2.24, 2.45) is 0 Å². The first-order valence-corrected chi connectivity index (χ1v) is 11.8. The topological polar surface area (TPSA) is 86.2 Å². The number of halogens is 2.